The Kier molecular flexibility index (Phi) is 6.44. The van der Waals surface area contributed by atoms with E-state index in [9.17, 15) is 4.79 Å². The van der Waals surface area contributed by atoms with Crippen LogP contribution in [0.1, 0.15) is 50.8 Å². The van der Waals surface area contributed by atoms with Gasteiger partial charge < -0.3 is 28.4 Å². The SMILES string of the molecule is CCCCOC1=C(C(=O)OC)C(c2ccc3c(c2)OCO3)Oc2ccc(OC(C)C)cc21. The molecule has 0 radical (unpaired) electrons. The van der Waals surface area contributed by atoms with E-state index in [0.717, 1.165) is 18.4 Å². The number of esters is 1. The van der Waals surface area contributed by atoms with Crippen LogP contribution in [-0.2, 0) is 14.3 Å². The van der Waals surface area contributed by atoms with E-state index >= 15 is 0 Å². The molecular weight excluding hydrogens is 412 g/mol. The van der Waals surface area contributed by atoms with Gasteiger partial charge in [-0.25, -0.2) is 4.79 Å². The van der Waals surface area contributed by atoms with Gasteiger partial charge in [0.25, 0.3) is 0 Å². The molecule has 0 N–H and O–H groups in total. The fraction of sp³-hybridized carbons (Fsp3) is 0.400. The number of rotatable bonds is 8. The van der Waals surface area contributed by atoms with Crippen LogP contribution < -0.4 is 18.9 Å². The van der Waals surface area contributed by atoms with E-state index in [1.165, 1.54) is 7.11 Å². The molecule has 0 spiro atoms. The highest BCUT2D eigenvalue weighted by Gasteiger charge is 2.37. The first-order valence-corrected chi connectivity index (χ1v) is 10.8. The van der Waals surface area contributed by atoms with Gasteiger partial charge in [-0.15, -0.1) is 0 Å². The number of methoxy groups -OCH3 is 1. The van der Waals surface area contributed by atoms with Crippen LogP contribution in [0.15, 0.2) is 42.0 Å². The number of fused-ring (bicyclic) bond motifs is 2. The Labute approximate surface area is 187 Å². The topological polar surface area (TPSA) is 72.5 Å². The van der Waals surface area contributed by atoms with Crippen LogP contribution in [0.3, 0.4) is 0 Å². The van der Waals surface area contributed by atoms with Crippen LogP contribution in [-0.4, -0.2) is 32.6 Å². The molecule has 0 saturated carbocycles. The zero-order valence-corrected chi connectivity index (χ0v) is 18.8. The predicted molar refractivity (Wildman–Crippen MR) is 118 cm³/mol. The molecule has 2 aromatic carbocycles. The third kappa shape index (κ3) is 4.33. The second-order valence-electron chi connectivity index (χ2n) is 7.87. The molecule has 2 aromatic rings. The van der Waals surface area contributed by atoms with Crippen molar-refractivity contribution in [1.82, 2.24) is 0 Å². The fourth-order valence-electron chi connectivity index (χ4n) is 3.68. The van der Waals surface area contributed by atoms with Gasteiger partial charge in [0.1, 0.15) is 22.8 Å². The van der Waals surface area contributed by atoms with Crippen molar-refractivity contribution < 1.29 is 33.2 Å². The summed E-state index contributed by atoms with van der Waals surface area (Å²) in [7, 11) is 1.35. The van der Waals surface area contributed by atoms with Crippen LogP contribution in [0.25, 0.3) is 5.76 Å². The van der Waals surface area contributed by atoms with E-state index in [-0.39, 0.29) is 12.9 Å². The van der Waals surface area contributed by atoms with E-state index in [0.29, 0.717) is 46.5 Å². The zero-order valence-electron chi connectivity index (χ0n) is 18.8. The van der Waals surface area contributed by atoms with Crippen LogP contribution in [0.5, 0.6) is 23.0 Å². The third-order valence-corrected chi connectivity index (χ3v) is 5.17. The summed E-state index contributed by atoms with van der Waals surface area (Å²) in [4.78, 5) is 13.0. The number of hydrogen-bond acceptors (Lipinski definition) is 7. The summed E-state index contributed by atoms with van der Waals surface area (Å²) in [5.41, 5.74) is 1.70. The summed E-state index contributed by atoms with van der Waals surface area (Å²) in [6.07, 6.45) is 1.10. The van der Waals surface area contributed by atoms with Crippen molar-refractivity contribution in [2.75, 3.05) is 20.5 Å². The van der Waals surface area contributed by atoms with Gasteiger partial charge in [0, 0.05) is 5.56 Å². The molecule has 0 amide bonds. The number of carbonyl (C=O) groups excluding carboxylic acids is 1. The van der Waals surface area contributed by atoms with Crippen molar-refractivity contribution >= 4 is 11.7 Å². The number of ether oxygens (including phenoxy) is 6. The number of unbranched alkanes of at least 4 members (excludes halogenated alkanes) is 1. The Morgan fingerprint density at radius 3 is 2.62 bits per heavy atom. The Morgan fingerprint density at radius 1 is 1.09 bits per heavy atom. The molecule has 0 fully saturated rings. The summed E-state index contributed by atoms with van der Waals surface area (Å²) >= 11 is 0. The molecule has 7 nitrogen and oxygen atoms in total. The van der Waals surface area contributed by atoms with Crippen molar-refractivity contribution in [3.63, 3.8) is 0 Å². The Balaban J connectivity index is 1.83. The zero-order chi connectivity index (χ0) is 22.7. The van der Waals surface area contributed by atoms with Crippen LogP contribution in [0.4, 0.5) is 0 Å². The molecule has 0 bridgehead atoms. The van der Waals surface area contributed by atoms with Gasteiger partial charge in [0.2, 0.25) is 6.79 Å². The number of hydrogen-bond donors (Lipinski definition) is 0. The minimum atomic E-state index is -0.724. The minimum absolute atomic E-state index is 0.00690. The van der Waals surface area contributed by atoms with Crippen LogP contribution in [0.2, 0.25) is 0 Å². The van der Waals surface area contributed by atoms with Crippen LogP contribution in [0, 0.1) is 0 Å². The summed E-state index contributed by atoms with van der Waals surface area (Å²) in [6.45, 7) is 6.63. The molecule has 0 saturated heterocycles. The Hall–Kier alpha value is -3.35. The summed E-state index contributed by atoms with van der Waals surface area (Å²) in [6, 6.07) is 11.0. The molecule has 0 aliphatic carbocycles. The lowest BCUT2D eigenvalue weighted by molar-refractivity contribution is -0.137. The summed E-state index contributed by atoms with van der Waals surface area (Å²) < 4.78 is 34.4. The molecule has 2 aliphatic heterocycles. The Bertz CT molecular complexity index is 1020. The highest BCUT2D eigenvalue weighted by atomic mass is 16.7. The summed E-state index contributed by atoms with van der Waals surface area (Å²) in [5, 5.41) is 0. The molecule has 1 unspecified atom stereocenters. The molecule has 2 heterocycles. The monoisotopic (exact) mass is 440 g/mol. The van der Waals surface area contributed by atoms with E-state index in [1.807, 2.05) is 50.2 Å². The van der Waals surface area contributed by atoms with E-state index < -0.39 is 12.1 Å². The van der Waals surface area contributed by atoms with Gasteiger partial charge in [0.15, 0.2) is 17.6 Å². The maximum absolute atomic E-state index is 13.0. The maximum Gasteiger partial charge on any atom is 0.341 e. The van der Waals surface area contributed by atoms with Crippen molar-refractivity contribution in [1.29, 1.82) is 0 Å². The predicted octanol–water partition coefficient (Wildman–Crippen LogP) is 5.04. The number of benzene rings is 2. The van der Waals surface area contributed by atoms with Crippen molar-refractivity contribution in [2.45, 2.75) is 45.8 Å². The molecule has 170 valence electrons. The standard InChI is InChI=1S/C25H28O7/c1-5-6-11-28-24-18-13-17(31-15(2)3)8-10-19(18)32-23(22(24)25(26)27-4)16-7-9-20-21(12-16)30-14-29-20/h7-10,12-13,15,23H,5-6,11,14H2,1-4H3. The quantitative estimate of drug-likeness (QED) is 0.421. The largest absolute Gasteiger partial charge is 0.492 e. The van der Waals surface area contributed by atoms with E-state index in [2.05, 4.69) is 6.92 Å². The molecule has 7 heteroatoms. The second kappa shape index (κ2) is 9.42. The molecule has 1 atom stereocenters. The number of carbonyl (C=O) groups is 1. The molecule has 32 heavy (non-hydrogen) atoms. The average Bonchev–Trinajstić information content (AvgIpc) is 3.26. The first kappa shape index (κ1) is 21.9. The van der Waals surface area contributed by atoms with Gasteiger partial charge in [-0.3, -0.25) is 0 Å². The molecule has 4 rings (SSSR count). The molecular formula is C25H28O7. The van der Waals surface area contributed by atoms with Crippen LogP contribution >= 0.6 is 0 Å². The van der Waals surface area contributed by atoms with Crippen molar-refractivity contribution in [3.8, 4) is 23.0 Å². The van der Waals surface area contributed by atoms with Gasteiger partial charge in [0.05, 0.1) is 25.4 Å². The smallest absolute Gasteiger partial charge is 0.341 e. The lowest BCUT2D eigenvalue weighted by Crippen LogP contribution is -2.25. The highest BCUT2D eigenvalue weighted by Crippen LogP contribution is 2.46. The maximum atomic E-state index is 13.0. The molecule has 2 aliphatic rings. The fourth-order valence-corrected chi connectivity index (χ4v) is 3.68. The highest BCUT2D eigenvalue weighted by molar-refractivity contribution is 5.99. The third-order valence-electron chi connectivity index (χ3n) is 5.17. The van der Waals surface area contributed by atoms with Gasteiger partial charge in [-0.05, 0) is 50.6 Å². The van der Waals surface area contributed by atoms with Crippen molar-refractivity contribution in [2.24, 2.45) is 0 Å². The van der Waals surface area contributed by atoms with Gasteiger partial charge in [-0.2, -0.15) is 0 Å². The Morgan fingerprint density at radius 2 is 1.88 bits per heavy atom. The lowest BCUT2D eigenvalue weighted by Gasteiger charge is -2.30. The van der Waals surface area contributed by atoms with Gasteiger partial charge in [-0.1, -0.05) is 19.4 Å². The van der Waals surface area contributed by atoms with E-state index in [4.69, 9.17) is 28.4 Å². The first-order chi connectivity index (χ1) is 15.5. The second-order valence-corrected chi connectivity index (χ2v) is 7.87. The molecule has 0 aromatic heterocycles. The average molecular weight is 440 g/mol. The summed E-state index contributed by atoms with van der Waals surface area (Å²) in [5.74, 6) is 2.47. The normalized spacial score (nSPS) is 16.5. The van der Waals surface area contributed by atoms with E-state index in [1.54, 1.807) is 0 Å². The first-order valence-electron chi connectivity index (χ1n) is 10.8. The minimum Gasteiger partial charge on any atom is -0.492 e. The van der Waals surface area contributed by atoms with Gasteiger partial charge >= 0.3 is 5.97 Å². The van der Waals surface area contributed by atoms with Crippen molar-refractivity contribution in [3.05, 3.63) is 53.1 Å². The lowest BCUT2D eigenvalue weighted by atomic mass is 9.94.